The van der Waals surface area contributed by atoms with Gasteiger partial charge in [-0.05, 0) is 58.5 Å². The summed E-state index contributed by atoms with van der Waals surface area (Å²) in [6.07, 6.45) is 1.23. The minimum Gasteiger partial charge on any atom is -0.481 e. The third-order valence-electron chi connectivity index (χ3n) is 4.84. The largest absolute Gasteiger partial charge is 0.481 e. The van der Waals surface area contributed by atoms with Crippen LogP contribution in [0.4, 0.5) is 4.39 Å². The van der Waals surface area contributed by atoms with Crippen molar-refractivity contribution in [1.82, 2.24) is 9.71 Å². The van der Waals surface area contributed by atoms with E-state index in [-0.39, 0.29) is 22.3 Å². The van der Waals surface area contributed by atoms with Crippen LogP contribution < -0.4 is 9.46 Å². The predicted molar refractivity (Wildman–Crippen MR) is 121 cm³/mol. The van der Waals surface area contributed by atoms with Gasteiger partial charge in [0.1, 0.15) is 10.7 Å². The van der Waals surface area contributed by atoms with Crippen LogP contribution in [0.5, 0.6) is 5.88 Å². The maximum atomic E-state index is 14.5. The van der Waals surface area contributed by atoms with Gasteiger partial charge in [-0.1, -0.05) is 37.6 Å². The Balaban J connectivity index is 2.03. The van der Waals surface area contributed by atoms with Crippen LogP contribution in [0.2, 0.25) is 5.02 Å². The minimum atomic E-state index is -4.18. The molecule has 0 saturated heterocycles. The molecule has 1 aromatic heterocycles. The molecule has 0 aliphatic heterocycles. The number of pyridine rings is 1. The smallest absolute Gasteiger partial charge is 0.265 e. The van der Waals surface area contributed by atoms with Crippen LogP contribution in [-0.4, -0.2) is 26.4 Å². The van der Waals surface area contributed by atoms with Crippen LogP contribution in [0.25, 0.3) is 11.1 Å². The van der Waals surface area contributed by atoms with E-state index in [1.165, 1.54) is 43.6 Å². The molecule has 1 N–H and O–H groups in total. The summed E-state index contributed by atoms with van der Waals surface area (Å²) in [5.74, 6) is -1.02. The summed E-state index contributed by atoms with van der Waals surface area (Å²) in [6, 6.07) is 11.8. The molecular formula is C23H22ClFN2O4S. The molecule has 9 heteroatoms. The van der Waals surface area contributed by atoms with Gasteiger partial charge in [0.05, 0.1) is 18.6 Å². The predicted octanol–water partition coefficient (Wildman–Crippen LogP) is 4.72. The van der Waals surface area contributed by atoms with Crippen molar-refractivity contribution in [3.05, 3.63) is 76.7 Å². The Morgan fingerprint density at radius 3 is 2.56 bits per heavy atom. The first-order valence-corrected chi connectivity index (χ1v) is 11.6. The normalized spacial score (nSPS) is 11.4. The van der Waals surface area contributed by atoms with Gasteiger partial charge in [-0.3, -0.25) is 4.79 Å². The van der Waals surface area contributed by atoms with Crippen LogP contribution in [0, 0.1) is 5.82 Å². The topological polar surface area (TPSA) is 85.4 Å². The molecule has 0 unspecified atom stereocenters. The van der Waals surface area contributed by atoms with Crippen LogP contribution in [0.15, 0.2) is 59.6 Å². The van der Waals surface area contributed by atoms with E-state index >= 15 is 0 Å². The number of rotatable bonds is 7. The Labute approximate surface area is 191 Å². The standard InChI is InChI=1S/C23H22ClFN2O4S/c1-14(2)17-11-16(25)12-18(15-8-9-26-23(10-15)31-3)19(17)13-22(28)27-32(29,30)21-7-5-4-6-20(21)24/h4-12,14H,13H2,1-3H3,(H,27,28). The Morgan fingerprint density at radius 2 is 1.91 bits per heavy atom. The molecule has 0 spiro atoms. The lowest BCUT2D eigenvalue weighted by Gasteiger charge is -2.18. The van der Waals surface area contributed by atoms with Gasteiger partial charge >= 0.3 is 0 Å². The van der Waals surface area contributed by atoms with E-state index in [2.05, 4.69) is 9.71 Å². The molecule has 0 bridgehead atoms. The van der Waals surface area contributed by atoms with Crippen LogP contribution >= 0.6 is 11.6 Å². The van der Waals surface area contributed by atoms with E-state index in [4.69, 9.17) is 16.3 Å². The molecular weight excluding hydrogens is 455 g/mol. The molecule has 0 aliphatic carbocycles. The lowest BCUT2D eigenvalue weighted by Crippen LogP contribution is -2.32. The Hall–Kier alpha value is -2.97. The molecule has 1 heterocycles. The van der Waals surface area contributed by atoms with E-state index < -0.39 is 21.7 Å². The quantitative estimate of drug-likeness (QED) is 0.533. The first kappa shape index (κ1) is 23.7. The molecule has 6 nitrogen and oxygen atoms in total. The highest BCUT2D eigenvalue weighted by atomic mass is 35.5. The number of benzene rings is 2. The Bertz CT molecular complexity index is 1260. The fourth-order valence-corrected chi connectivity index (χ4v) is 4.89. The number of carbonyl (C=O) groups excluding carboxylic acids is 1. The minimum absolute atomic E-state index is 0.00187. The van der Waals surface area contributed by atoms with E-state index in [0.29, 0.717) is 28.1 Å². The monoisotopic (exact) mass is 476 g/mol. The summed E-state index contributed by atoms with van der Waals surface area (Å²) in [4.78, 5) is 16.7. The van der Waals surface area contributed by atoms with Crippen molar-refractivity contribution in [3.63, 3.8) is 0 Å². The molecule has 1 amide bonds. The van der Waals surface area contributed by atoms with Gasteiger partial charge in [0.15, 0.2) is 0 Å². The molecule has 168 valence electrons. The number of nitrogens with zero attached hydrogens (tertiary/aromatic N) is 1. The number of hydrogen-bond donors (Lipinski definition) is 1. The number of ether oxygens (including phenoxy) is 1. The highest BCUT2D eigenvalue weighted by Gasteiger charge is 2.23. The third-order valence-corrected chi connectivity index (χ3v) is 6.71. The third kappa shape index (κ3) is 5.26. The lowest BCUT2D eigenvalue weighted by atomic mass is 9.88. The summed E-state index contributed by atoms with van der Waals surface area (Å²) in [6.45, 7) is 3.74. The number of carbonyl (C=O) groups is 1. The molecule has 2 aromatic carbocycles. The SMILES string of the molecule is COc1cc(-c2cc(F)cc(C(C)C)c2CC(=O)NS(=O)(=O)c2ccccc2Cl)ccn1. The summed E-state index contributed by atoms with van der Waals surface area (Å²) < 4.78 is 47.0. The maximum Gasteiger partial charge on any atom is 0.265 e. The van der Waals surface area contributed by atoms with Crippen molar-refractivity contribution in [3.8, 4) is 17.0 Å². The molecule has 0 atom stereocenters. The molecule has 0 fully saturated rings. The van der Waals surface area contributed by atoms with Gasteiger partial charge in [0, 0.05) is 12.3 Å². The molecule has 0 radical (unpaired) electrons. The number of sulfonamides is 1. The van der Waals surface area contributed by atoms with Crippen molar-refractivity contribution in [2.45, 2.75) is 31.1 Å². The average Bonchev–Trinajstić information content (AvgIpc) is 2.74. The van der Waals surface area contributed by atoms with Crippen LogP contribution in [0.3, 0.4) is 0 Å². The van der Waals surface area contributed by atoms with Gasteiger partial charge in [-0.15, -0.1) is 0 Å². The summed E-state index contributed by atoms with van der Waals surface area (Å²) >= 11 is 5.98. The zero-order chi connectivity index (χ0) is 23.5. The molecule has 0 saturated carbocycles. The second-order valence-electron chi connectivity index (χ2n) is 7.40. The van der Waals surface area contributed by atoms with E-state index in [1.54, 1.807) is 18.2 Å². The van der Waals surface area contributed by atoms with Crippen LogP contribution in [0.1, 0.15) is 30.9 Å². The fourth-order valence-electron chi connectivity index (χ4n) is 3.38. The van der Waals surface area contributed by atoms with E-state index in [1.807, 2.05) is 13.8 Å². The highest BCUT2D eigenvalue weighted by Crippen LogP contribution is 2.33. The van der Waals surface area contributed by atoms with Crippen molar-refractivity contribution >= 4 is 27.5 Å². The Kier molecular flexibility index (Phi) is 7.16. The summed E-state index contributed by atoms with van der Waals surface area (Å²) in [5, 5.41) is 0.00187. The number of amides is 1. The van der Waals surface area contributed by atoms with Gasteiger partial charge in [0.25, 0.3) is 10.0 Å². The average molecular weight is 477 g/mol. The van der Waals surface area contributed by atoms with Crippen molar-refractivity contribution in [2.75, 3.05) is 7.11 Å². The zero-order valence-electron chi connectivity index (χ0n) is 17.7. The fraction of sp³-hybridized carbons (Fsp3) is 0.217. The van der Waals surface area contributed by atoms with Gasteiger partial charge < -0.3 is 4.74 Å². The van der Waals surface area contributed by atoms with E-state index in [0.717, 1.165) is 0 Å². The molecule has 3 aromatic rings. The highest BCUT2D eigenvalue weighted by molar-refractivity contribution is 7.90. The number of hydrogen-bond acceptors (Lipinski definition) is 5. The number of aromatic nitrogens is 1. The van der Waals surface area contributed by atoms with E-state index in [9.17, 15) is 17.6 Å². The first-order valence-electron chi connectivity index (χ1n) is 9.75. The number of methoxy groups -OCH3 is 1. The number of halogens is 2. The zero-order valence-corrected chi connectivity index (χ0v) is 19.3. The molecule has 32 heavy (non-hydrogen) atoms. The van der Waals surface area contributed by atoms with Crippen molar-refractivity contribution in [1.29, 1.82) is 0 Å². The first-order chi connectivity index (χ1) is 15.1. The van der Waals surface area contributed by atoms with Crippen molar-refractivity contribution in [2.24, 2.45) is 0 Å². The molecule has 0 aliphatic rings. The Morgan fingerprint density at radius 1 is 1.19 bits per heavy atom. The van der Waals surface area contributed by atoms with Crippen LogP contribution in [-0.2, 0) is 21.2 Å². The maximum absolute atomic E-state index is 14.5. The van der Waals surface area contributed by atoms with Gasteiger partial charge in [0.2, 0.25) is 11.8 Å². The lowest BCUT2D eigenvalue weighted by molar-refractivity contribution is -0.118. The van der Waals surface area contributed by atoms with Gasteiger partial charge in [-0.25, -0.2) is 22.5 Å². The second kappa shape index (κ2) is 9.67. The second-order valence-corrected chi connectivity index (χ2v) is 9.46. The molecule has 3 rings (SSSR count). The summed E-state index contributed by atoms with van der Waals surface area (Å²) in [7, 11) is -2.71. The number of nitrogens with one attached hydrogen (secondary N) is 1. The van der Waals surface area contributed by atoms with Gasteiger partial charge in [-0.2, -0.15) is 0 Å². The van der Waals surface area contributed by atoms with Crippen molar-refractivity contribution < 1.29 is 22.3 Å². The summed E-state index contributed by atoms with van der Waals surface area (Å²) in [5.41, 5.74) is 2.16.